The number of allylic oxidation sites excluding steroid dienone is 3. The van der Waals surface area contributed by atoms with Crippen LogP contribution in [0.15, 0.2) is 116 Å². The van der Waals surface area contributed by atoms with Gasteiger partial charge in [0.25, 0.3) is 0 Å². The van der Waals surface area contributed by atoms with Crippen molar-refractivity contribution in [2.75, 3.05) is 40.5 Å². The number of rotatable bonds is 11. The molecule has 0 atom stereocenters. The molecule has 2 aliphatic rings. The van der Waals surface area contributed by atoms with Crippen LogP contribution in [-0.4, -0.2) is 130 Å². The maximum absolute atomic E-state index is 12.5. The van der Waals surface area contributed by atoms with Crippen LogP contribution in [0.5, 0.6) is 23.0 Å². The summed E-state index contributed by atoms with van der Waals surface area (Å²) in [6.45, 7) is 18.8. The Kier molecular flexibility index (Phi) is 25.4. The highest BCUT2D eigenvalue weighted by Gasteiger charge is 2.40. The molecule has 0 radical (unpaired) electrons. The topological polar surface area (TPSA) is 353 Å². The van der Waals surface area contributed by atoms with Gasteiger partial charge in [0, 0.05) is 32.6 Å². The van der Waals surface area contributed by atoms with Crippen LogP contribution in [0.4, 0.5) is 0 Å². The number of hydrazone groups is 1. The second kappa shape index (κ2) is 32.1. The zero-order valence-corrected chi connectivity index (χ0v) is 55.5. The van der Waals surface area contributed by atoms with Gasteiger partial charge in [-0.1, -0.05) is 18.7 Å². The average Bonchev–Trinajstić information content (AvgIpc) is 1.71. The summed E-state index contributed by atoms with van der Waals surface area (Å²) in [5.41, 5.74) is 1.61. The Labute approximate surface area is 544 Å². The molecule has 91 heavy (non-hydrogen) atoms. The minimum absolute atomic E-state index is 0.00139. The highest BCUT2D eigenvalue weighted by molar-refractivity contribution is 9.12. The fourth-order valence-corrected chi connectivity index (χ4v) is 10.3. The van der Waals surface area contributed by atoms with E-state index in [1.807, 2.05) is 14.1 Å². The number of aromatic nitrogens is 1. The number of pyridine rings is 1. The van der Waals surface area contributed by atoms with Crippen LogP contribution >= 0.6 is 47.8 Å². The average molecular weight is 1450 g/mol. The van der Waals surface area contributed by atoms with Crippen molar-refractivity contribution in [3.63, 3.8) is 0 Å². The standard InChI is InChI=1S/C15H11NO5.C12H10Br2O4.C12H9BrO5.C12H12O4.C8H8O3.C5H10N2/c1-3-20-15(19)9-7(2)21-14-10(9)13(18)11-8(12(14)17)5-4-6-16-11;2*1-3-17-12(16)8-5(2)18-11-7(14)4-6(13)10(15)9(8)11;1-3-15-12(14)10-7(2)16-9-6-4-5-8(13)11(9)10;1-5(9)8-6(10)3-2-4-7(8)11;1-4-5-6-7(2)3/h4-6H,3H2,1-2H3;4,15H,3H2,1-2H3;4H,3H2,1-2H3;4-6,13H,3H2,1-2H3;2-4,10-11H,1H3;4-5H,1H2,2-3H3/b;;;;;6-5+. The van der Waals surface area contributed by atoms with Gasteiger partial charge >= 0.3 is 23.9 Å². The molecule has 0 spiro atoms. The van der Waals surface area contributed by atoms with Crippen molar-refractivity contribution in [2.45, 2.75) is 62.3 Å². The number of Topliss-reactive ketones (excluding diaryl/α,β-unsaturated/α-hetero) is 2. The molecule has 0 saturated heterocycles. The Morgan fingerprint density at radius 1 is 0.593 bits per heavy atom. The minimum Gasteiger partial charge on any atom is -0.507 e. The van der Waals surface area contributed by atoms with E-state index >= 15 is 0 Å². The van der Waals surface area contributed by atoms with Crippen molar-refractivity contribution in [3.8, 4) is 23.0 Å². The Balaban J connectivity index is 0.000000203. The summed E-state index contributed by atoms with van der Waals surface area (Å²) < 4.78 is 42.3. The molecule has 0 fully saturated rings. The highest BCUT2D eigenvalue weighted by atomic mass is 79.9. The first kappa shape index (κ1) is 72.0. The molecule has 0 unspecified atom stereocenters. The SMILES string of the molecule is C=C/C=N/N(C)C.CC(=O)c1c(O)cccc1O.CCOC(=O)c1c(C)oc2c(Br)cc(Br)c(O)c12.CCOC(=O)c1c(C)oc2c1C(=O)C(Br)=CC2=O.CCOC(=O)c1c(C)oc2c1C(=O)c1ncccc1C2=O.CCOC(=O)c1c(C)oc2cccc(O)c12. The van der Waals surface area contributed by atoms with Gasteiger partial charge in [0.05, 0.1) is 67.3 Å². The summed E-state index contributed by atoms with van der Waals surface area (Å²) in [4.78, 5) is 111. The zero-order chi connectivity index (χ0) is 67.9. The first-order chi connectivity index (χ1) is 43.0. The predicted octanol–water partition coefficient (Wildman–Crippen LogP) is 13.1. The fraction of sp³-hybridized carbons (Fsp3) is 0.234. The summed E-state index contributed by atoms with van der Waals surface area (Å²) in [5, 5.41) is 44.2. The third kappa shape index (κ3) is 16.4. The number of hydrogen-bond acceptors (Lipinski definition) is 24. The Morgan fingerprint density at radius 3 is 1.56 bits per heavy atom. The Bertz CT molecular complexity index is 4210. The molecule has 24 nitrogen and oxygen atoms in total. The van der Waals surface area contributed by atoms with Crippen LogP contribution in [0.1, 0.15) is 163 Å². The highest BCUT2D eigenvalue weighted by Crippen LogP contribution is 2.43. The minimum atomic E-state index is -0.680. The van der Waals surface area contributed by atoms with Crippen LogP contribution in [0.25, 0.3) is 21.9 Å². The smallest absolute Gasteiger partial charge is 0.342 e. The molecule has 27 heteroatoms. The molecule has 5 heterocycles. The maximum atomic E-state index is 12.5. The number of ketones is 5. The van der Waals surface area contributed by atoms with Crippen LogP contribution in [0, 0.1) is 27.7 Å². The monoisotopic (exact) mass is 1440 g/mol. The third-order valence-corrected chi connectivity index (χ3v) is 14.2. The van der Waals surface area contributed by atoms with Crippen molar-refractivity contribution < 1.29 is 100 Å². The van der Waals surface area contributed by atoms with Gasteiger partial charge in [0.1, 0.15) is 85.1 Å². The van der Waals surface area contributed by atoms with Gasteiger partial charge in [-0.15, -0.1) is 0 Å². The largest absolute Gasteiger partial charge is 0.507 e. The molecule has 0 bridgehead atoms. The van der Waals surface area contributed by atoms with Gasteiger partial charge in [-0.05, 0) is 159 Å². The number of benzene rings is 3. The van der Waals surface area contributed by atoms with Crippen molar-refractivity contribution in [1.29, 1.82) is 0 Å². The van der Waals surface area contributed by atoms with E-state index in [2.05, 4.69) is 64.5 Å². The number of nitrogens with zero attached hydrogens (tertiary/aromatic N) is 3. The molecular weight excluding hydrogens is 1390 g/mol. The summed E-state index contributed by atoms with van der Waals surface area (Å²) in [6.07, 6.45) is 5.83. The van der Waals surface area contributed by atoms with Gasteiger partial charge in [0.2, 0.25) is 23.1 Å². The number of carbonyl (C=O) groups is 9. The van der Waals surface area contributed by atoms with Crippen molar-refractivity contribution in [1.82, 2.24) is 9.99 Å². The van der Waals surface area contributed by atoms with Gasteiger partial charge in [-0.2, -0.15) is 5.10 Å². The number of carbonyl (C=O) groups excluding carboxylic acids is 9. The molecule has 5 aromatic heterocycles. The Hall–Kier alpha value is -9.73. The summed E-state index contributed by atoms with van der Waals surface area (Å²) in [6, 6.07) is 13.8. The number of phenols is 4. The molecule has 0 aliphatic heterocycles. The van der Waals surface area contributed by atoms with E-state index < -0.39 is 47.0 Å². The van der Waals surface area contributed by atoms with Crippen molar-refractivity contribution in [3.05, 3.63) is 178 Å². The van der Waals surface area contributed by atoms with Gasteiger partial charge in [-0.25, -0.2) is 19.2 Å². The molecule has 8 aromatic rings. The predicted molar refractivity (Wildman–Crippen MR) is 340 cm³/mol. The van der Waals surface area contributed by atoms with E-state index in [0.717, 1.165) is 6.08 Å². The number of halogens is 3. The fourth-order valence-electron chi connectivity index (χ4n) is 8.65. The van der Waals surface area contributed by atoms with E-state index in [-0.39, 0.29) is 121 Å². The van der Waals surface area contributed by atoms with E-state index in [1.165, 1.54) is 57.3 Å². The number of furan rings is 4. The summed E-state index contributed by atoms with van der Waals surface area (Å²) in [5.74, 6) is -3.87. The maximum Gasteiger partial charge on any atom is 0.342 e. The molecule has 0 amide bonds. The summed E-state index contributed by atoms with van der Waals surface area (Å²) >= 11 is 9.55. The molecule has 10 rings (SSSR count). The number of phenolic OH excluding ortho intramolecular Hbond substituents is 4. The van der Waals surface area contributed by atoms with Crippen LogP contribution in [0.3, 0.4) is 0 Å². The van der Waals surface area contributed by atoms with E-state index in [4.69, 9.17) is 46.8 Å². The van der Waals surface area contributed by atoms with E-state index in [0.29, 0.717) is 54.6 Å². The number of esters is 4. The Morgan fingerprint density at radius 2 is 1.07 bits per heavy atom. The third-order valence-electron chi connectivity index (χ3n) is 12.4. The molecular formula is C64H60Br3N3O21. The first-order valence-electron chi connectivity index (χ1n) is 27.2. The van der Waals surface area contributed by atoms with Crippen LogP contribution in [-0.2, 0) is 18.9 Å². The number of aromatic hydroxyl groups is 4. The lowest BCUT2D eigenvalue weighted by Crippen LogP contribution is -2.23. The molecule has 2 aliphatic carbocycles. The van der Waals surface area contributed by atoms with Gasteiger partial charge < -0.3 is 62.1 Å². The van der Waals surface area contributed by atoms with E-state index in [1.54, 1.807) is 83.1 Å². The zero-order valence-electron chi connectivity index (χ0n) is 50.7. The second-order valence-electron chi connectivity index (χ2n) is 18.8. The first-order valence-corrected chi connectivity index (χ1v) is 29.5. The van der Waals surface area contributed by atoms with Gasteiger partial charge in [0.15, 0.2) is 22.9 Å². The molecule has 4 N–H and O–H groups in total. The molecule has 478 valence electrons. The lowest BCUT2D eigenvalue weighted by atomic mass is 9.90. The molecule has 3 aromatic carbocycles. The number of ether oxygens (including phenoxy) is 4. The lowest BCUT2D eigenvalue weighted by molar-refractivity contribution is 0.0513. The normalized spacial score (nSPS) is 11.7. The summed E-state index contributed by atoms with van der Waals surface area (Å²) in [7, 11) is 3.72. The van der Waals surface area contributed by atoms with E-state index in [9.17, 15) is 53.4 Å². The second-order valence-corrected chi connectivity index (χ2v) is 21.3. The van der Waals surface area contributed by atoms with Crippen molar-refractivity contribution in [2.24, 2.45) is 5.10 Å². The van der Waals surface area contributed by atoms with Gasteiger partial charge in [-0.3, -0.25) is 29.0 Å². The lowest BCUT2D eigenvalue weighted by Gasteiger charge is -2.12. The number of hydrogen-bond donors (Lipinski definition) is 4. The van der Waals surface area contributed by atoms with Crippen molar-refractivity contribution >= 4 is 129 Å². The van der Waals surface area contributed by atoms with Crippen LogP contribution in [0.2, 0.25) is 0 Å². The quantitative estimate of drug-likeness (QED) is 0.0307. The van der Waals surface area contributed by atoms with Crippen LogP contribution < -0.4 is 0 Å². The number of fused-ring (bicyclic) bond motifs is 5. The molecule has 0 saturated carbocycles. The number of aryl methyl sites for hydroxylation is 4.